The van der Waals surface area contributed by atoms with Gasteiger partial charge in [0.2, 0.25) is 0 Å². The molecule has 1 unspecified atom stereocenters. The van der Waals surface area contributed by atoms with E-state index in [1.165, 1.54) is 31.2 Å². The summed E-state index contributed by atoms with van der Waals surface area (Å²) in [6.07, 6.45) is 5.84. The molecule has 166 valence electrons. The highest BCUT2D eigenvalue weighted by Gasteiger charge is 2.29. The zero-order valence-corrected chi connectivity index (χ0v) is 18.8. The van der Waals surface area contributed by atoms with Gasteiger partial charge in [-0.1, -0.05) is 43.2 Å². The molecule has 0 aromatic heterocycles. The number of rotatable bonds is 6. The highest BCUT2D eigenvalue weighted by molar-refractivity contribution is 5.97. The van der Waals surface area contributed by atoms with Crippen LogP contribution in [0.1, 0.15) is 47.2 Å². The van der Waals surface area contributed by atoms with E-state index in [9.17, 15) is 4.79 Å². The van der Waals surface area contributed by atoms with Gasteiger partial charge < -0.3 is 14.4 Å². The monoisotopic (exact) mass is 422 g/mol. The number of carbonyl (C=O) groups excluding carboxylic acids is 1. The van der Waals surface area contributed by atoms with Crippen LogP contribution >= 0.6 is 0 Å². The van der Waals surface area contributed by atoms with E-state index in [0.29, 0.717) is 17.4 Å². The number of likely N-dealkylation sites (tertiary alicyclic amines) is 1. The molecule has 0 N–H and O–H groups in total. The van der Waals surface area contributed by atoms with Gasteiger partial charge in [0.25, 0.3) is 5.91 Å². The van der Waals surface area contributed by atoms with Crippen molar-refractivity contribution >= 4 is 5.91 Å². The summed E-state index contributed by atoms with van der Waals surface area (Å²) in [5.74, 6) is 1.95. The maximum absolute atomic E-state index is 13.3. The Morgan fingerprint density at radius 1 is 0.968 bits per heavy atom. The average Bonchev–Trinajstić information content (AvgIpc) is 2.78. The van der Waals surface area contributed by atoms with Gasteiger partial charge in [0.15, 0.2) is 11.5 Å². The quantitative estimate of drug-likeness (QED) is 0.692. The third-order valence-corrected chi connectivity index (χ3v) is 6.61. The van der Waals surface area contributed by atoms with Crippen molar-refractivity contribution in [2.45, 2.75) is 38.6 Å². The Bertz CT molecular complexity index is 884. The van der Waals surface area contributed by atoms with E-state index in [0.717, 1.165) is 50.3 Å². The summed E-state index contributed by atoms with van der Waals surface area (Å²) in [6.45, 7) is 4.79. The lowest BCUT2D eigenvalue weighted by atomic mass is 9.94. The number of nitrogens with zero attached hydrogens (tertiary/aromatic N) is 2. The lowest BCUT2D eigenvalue weighted by Crippen LogP contribution is -2.43. The largest absolute Gasteiger partial charge is 0.493 e. The van der Waals surface area contributed by atoms with Gasteiger partial charge in [0, 0.05) is 31.7 Å². The molecule has 0 radical (unpaired) electrons. The molecule has 0 spiro atoms. The molecule has 2 aliphatic rings. The number of fused-ring (bicyclic) bond motifs is 1. The fourth-order valence-corrected chi connectivity index (χ4v) is 4.97. The Hall–Kier alpha value is -2.53. The fraction of sp³-hybridized carbons (Fsp3) is 0.500. The lowest BCUT2D eigenvalue weighted by Gasteiger charge is -2.35. The first-order chi connectivity index (χ1) is 15.2. The Morgan fingerprint density at radius 2 is 1.74 bits per heavy atom. The van der Waals surface area contributed by atoms with Crippen LogP contribution in [-0.2, 0) is 13.0 Å². The van der Waals surface area contributed by atoms with Crippen LogP contribution < -0.4 is 9.47 Å². The predicted octanol–water partition coefficient (Wildman–Crippen LogP) is 4.39. The molecule has 5 nitrogen and oxygen atoms in total. The zero-order chi connectivity index (χ0) is 21.6. The number of hydrogen-bond acceptors (Lipinski definition) is 4. The van der Waals surface area contributed by atoms with Crippen LogP contribution in [0.3, 0.4) is 0 Å². The maximum Gasteiger partial charge on any atom is 0.254 e. The van der Waals surface area contributed by atoms with Gasteiger partial charge in [0.05, 0.1) is 14.2 Å². The topological polar surface area (TPSA) is 42.0 Å². The molecule has 1 fully saturated rings. The van der Waals surface area contributed by atoms with Crippen molar-refractivity contribution in [2.24, 2.45) is 5.92 Å². The van der Waals surface area contributed by atoms with Crippen molar-refractivity contribution in [3.8, 4) is 11.5 Å². The zero-order valence-electron chi connectivity index (χ0n) is 18.8. The van der Waals surface area contributed by atoms with Gasteiger partial charge in [-0.15, -0.1) is 0 Å². The van der Waals surface area contributed by atoms with E-state index in [1.807, 2.05) is 12.1 Å². The molecule has 0 bridgehead atoms. The van der Waals surface area contributed by atoms with Gasteiger partial charge in [-0.25, -0.2) is 0 Å². The first-order valence-corrected chi connectivity index (χ1v) is 11.5. The van der Waals surface area contributed by atoms with Crippen LogP contribution in [0, 0.1) is 5.92 Å². The number of amides is 1. The molecular weight excluding hydrogens is 388 g/mol. The van der Waals surface area contributed by atoms with Crippen molar-refractivity contribution in [1.82, 2.24) is 9.80 Å². The summed E-state index contributed by atoms with van der Waals surface area (Å²) in [5, 5.41) is 0. The van der Waals surface area contributed by atoms with Gasteiger partial charge in [-0.3, -0.25) is 9.69 Å². The second-order valence-corrected chi connectivity index (χ2v) is 8.80. The minimum Gasteiger partial charge on any atom is -0.493 e. The van der Waals surface area contributed by atoms with E-state index in [2.05, 4.69) is 40.1 Å². The molecule has 0 saturated carbocycles. The van der Waals surface area contributed by atoms with E-state index in [1.54, 1.807) is 14.2 Å². The van der Waals surface area contributed by atoms with Crippen LogP contribution in [0.5, 0.6) is 11.5 Å². The third kappa shape index (κ3) is 5.21. The first kappa shape index (κ1) is 21.7. The smallest absolute Gasteiger partial charge is 0.254 e. The SMILES string of the molecule is COc1cc2c(cc1OC)C(=O)N(CC1CCCCCN(Cc3ccccc3)C1)CC2. The number of methoxy groups -OCH3 is 2. The summed E-state index contributed by atoms with van der Waals surface area (Å²) in [7, 11) is 3.25. The molecule has 2 aliphatic heterocycles. The summed E-state index contributed by atoms with van der Waals surface area (Å²) in [4.78, 5) is 17.9. The summed E-state index contributed by atoms with van der Waals surface area (Å²) in [5.41, 5.74) is 3.18. The van der Waals surface area contributed by atoms with E-state index in [-0.39, 0.29) is 5.91 Å². The van der Waals surface area contributed by atoms with E-state index >= 15 is 0 Å². The van der Waals surface area contributed by atoms with E-state index < -0.39 is 0 Å². The molecule has 2 aromatic rings. The first-order valence-electron chi connectivity index (χ1n) is 11.5. The van der Waals surface area contributed by atoms with Crippen molar-refractivity contribution < 1.29 is 14.3 Å². The van der Waals surface area contributed by atoms with Gasteiger partial charge in [-0.2, -0.15) is 0 Å². The molecule has 4 rings (SSSR count). The molecular formula is C26H34N2O3. The Kier molecular flexibility index (Phi) is 7.13. The van der Waals surface area contributed by atoms with Gasteiger partial charge in [-0.05, 0) is 55.0 Å². The van der Waals surface area contributed by atoms with Crippen LogP contribution in [-0.4, -0.2) is 56.1 Å². The second kappa shape index (κ2) is 10.2. The molecule has 0 aliphatic carbocycles. The van der Waals surface area contributed by atoms with Crippen LogP contribution in [0.2, 0.25) is 0 Å². The number of ether oxygens (including phenoxy) is 2. The lowest BCUT2D eigenvalue weighted by molar-refractivity contribution is 0.0677. The average molecular weight is 423 g/mol. The summed E-state index contributed by atoms with van der Waals surface area (Å²) in [6, 6.07) is 14.5. The van der Waals surface area contributed by atoms with Crippen LogP contribution in [0.4, 0.5) is 0 Å². The number of carbonyl (C=O) groups is 1. The molecule has 31 heavy (non-hydrogen) atoms. The molecule has 2 aromatic carbocycles. The predicted molar refractivity (Wildman–Crippen MR) is 123 cm³/mol. The molecule has 1 atom stereocenters. The fourth-order valence-electron chi connectivity index (χ4n) is 4.97. The van der Waals surface area contributed by atoms with Crippen molar-refractivity contribution in [3.05, 3.63) is 59.2 Å². The van der Waals surface area contributed by atoms with Gasteiger partial charge in [0.1, 0.15) is 0 Å². The summed E-state index contributed by atoms with van der Waals surface area (Å²) >= 11 is 0. The summed E-state index contributed by atoms with van der Waals surface area (Å²) < 4.78 is 10.9. The maximum atomic E-state index is 13.3. The minimum absolute atomic E-state index is 0.124. The molecule has 1 saturated heterocycles. The normalized spacial score (nSPS) is 20.0. The third-order valence-electron chi connectivity index (χ3n) is 6.61. The van der Waals surface area contributed by atoms with Crippen molar-refractivity contribution in [2.75, 3.05) is 40.4 Å². The highest BCUT2D eigenvalue weighted by Crippen LogP contribution is 2.33. The van der Waals surface area contributed by atoms with Crippen LogP contribution in [0.15, 0.2) is 42.5 Å². The Labute approximate surface area is 185 Å². The molecule has 1 amide bonds. The molecule has 2 heterocycles. The molecule has 5 heteroatoms. The van der Waals surface area contributed by atoms with E-state index in [4.69, 9.17) is 9.47 Å². The number of hydrogen-bond donors (Lipinski definition) is 0. The minimum atomic E-state index is 0.124. The standard InChI is InChI=1S/C26H34N2O3/c1-30-24-15-22-12-14-28(26(29)23(22)16-25(24)31-2)19-21-11-7-4-8-13-27(18-21)17-20-9-5-3-6-10-20/h3,5-6,9-10,15-16,21H,4,7-8,11-14,17-19H2,1-2H3. The van der Waals surface area contributed by atoms with Crippen molar-refractivity contribution in [3.63, 3.8) is 0 Å². The Morgan fingerprint density at radius 3 is 2.52 bits per heavy atom. The highest BCUT2D eigenvalue weighted by atomic mass is 16.5. The number of benzene rings is 2. The second-order valence-electron chi connectivity index (χ2n) is 8.80. The van der Waals surface area contributed by atoms with Crippen LogP contribution in [0.25, 0.3) is 0 Å². The van der Waals surface area contributed by atoms with Gasteiger partial charge >= 0.3 is 0 Å². The van der Waals surface area contributed by atoms with Crippen molar-refractivity contribution in [1.29, 1.82) is 0 Å². The Balaban J connectivity index is 1.45.